The van der Waals surface area contributed by atoms with Gasteiger partial charge in [0.15, 0.2) is 5.43 Å². The first kappa shape index (κ1) is 18.4. The molecular weight excluding hydrogens is 336 g/mol. The highest BCUT2D eigenvalue weighted by Crippen LogP contribution is 2.26. The lowest BCUT2D eigenvalue weighted by molar-refractivity contribution is -0.0420. The largest absolute Gasteiger partial charge is 0.378 e. The zero-order valence-electron chi connectivity index (χ0n) is 15.7. The second kappa shape index (κ2) is 7.10. The van der Waals surface area contributed by atoms with Crippen molar-refractivity contribution in [3.05, 3.63) is 44.7 Å². The summed E-state index contributed by atoms with van der Waals surface area (Å²) in [6, 6.07) is 6.44. The number of benzene rings is 1. The highest BCUT2D eigenvalue weighted by atomic mass is 35.5. The van der Waals surface area contributed by atoms with Gasteiger partial charge in [-0.2, -0.15) is 0 Å². The first-order valence-corrected chi connectivity index (χ1v) is 9.35. The average Bonchev–Trinajstić information content (AvgIpc) is 2.55. The molecule has 0 N–H and O–H groups in total. The lowest BCUT2D eigenvalue weighted by Crippen LogP contribution is -2.49. The molecule has 1 saturated heterocycles. The lowest BCUT2D eigenvalue weighted by atomic mass is 10.0. The molecule has 2 aromatic rings. The van der Waals surface area contributed by atoms with E-state index in [9.17, 15) is 4.79 Å². The van der Waals surface area contributed by atoms with Crippen LogP contribution in [0.15, 0.2) is 23.0 Å². The summed E-state index contributed by atoms with van der Waals surface area (Å²) in [4.78, 5) is 15.4. The van der Waals surface area contributed by atoms with E-state index in [0.29, 0.717) is 17.1 Å². The lowest BCUT2D eigenvalue weighted by Gasteiger charge is -2.39. The monoisotopic (exact) mass is 362 g/mol. The van der Waals surface area contributed by atoms with Gasteiger partial charge in [-0.15, -0.1) is 0 Å². The summed E-state index contributed by atoms with van der Waals surface area (Å²) in [6.45, 7) is 12.8. The second-order valence-electron chi connectivity index (χ2n) is 7.43. The first-order valence-electron chi connectivity index (χ1n) is 8.98. The molecule has 5 heteroatoms. The molecule has 1 aromatic heterocycles. The molecule has 0 amide bonds. The van der Waals surface area contributed by atoms with E-state index in [1.165, 1.54) is 0 Å². The summed E-state index contributed by atoms with van der Waals surface area (Å²) >= 11 is 6.24. The van der Waals surface area contributed by atoms with Gasteiger partial charge in [0.2, 0.25) is 0 Å². The van der Waals surface area contributed by atoms with E-state index >= 15 is 0 Å². The Hall–Kier alpha value is -1.36. The number of pyridine rings is 1. The van der Waals surface area contributed by atoms with Crippen LogP contribution in [0.5, 0.6) is 0 Å². The van der Waals surface area contributed by atoms with Crippen molar-refractivity contribution in [2.45, 2.75) is 59.3 Å². The minimum absolute atomic E-state index is 0.104. The van der Waals surface area contributed by atoms with Gasteiger partial charge in [0.1, 0.15) is 0 Å². The van der Waals surface area contributed by atoms with Gasteiger partial charge in [-0.3, -0.25) is 9.69 Å². The van der Waals surface area contributed by atoms with E-state index in [-0.39, 0.29) is 11.5 Å². The van der Waals surface area contributed by atoms with E-state index in [4.69, 9.17) is 16.3 Å². The number of morpholine rings is 1. The summed E-state index contributed by atoms with van der Waals surface area (Å²) in [6.07, 6.45) is 0. The van der Waals surface area contributed by atoms with Crippen LogP contribution in [-0.4, -0.2) is 34.8 Å². The fourth-order valence-corrected chi connectivity index (χ4v) is 4.03. The minimum Gasteiger partial charge on any atom is -0.378 e. The van der Waals surface area contributed by atoms with Crippen molar-refractivity contribution in [1.29, 1.82) is 0 Å². The molecule has 0 saturated carbocycles. The first-order chi connectivity index (χ1) is 11.8. The summed E-state index contributed by atoms with van der Waals surface area (Å²) in [7, 11) is 0. The zero-order chi connectivity index (χ0) is 18.3. The van der Waals surface area contributed by atoms with Crippen LogP contribution in [0.1, 0.15) is 45.0 Å². The Morgan fingerprint density at radius 3 is 2.48 bits per heavy atom. The SMILES string of the molecule is Cc1c(CN2[C@@H](C)COC[C@@H]2C)n(C(C)C)c2cc(Cl)ccc2c1=O. The maximum Gasteiger partial charge on any atom is 0.192 e. The van der Waals surface area contributed by atoms with Crippen molar-refractivity contribution >= 4 is 22.5 Å². The molecule has 1 aromatic carbocycles. The number of nitrogens with zero attached hydrogens (tertiary/aromatic N) is 2. The third-order valence-electron chi connectivity index (χ3n) is 5.23. The highest BCUT2D eigenvalue weighted by Gasteiger charge is 2.28. The number of aromatic nitrogens is 1. The van der Waals surface area contributed by atoms with Crippen molar-refractivity contribution in [2.24, 2.45) is 0 Å². The van der Waals surface area contributed by atoms with Gasteiger partial charge in [-0.1, -0.05) is 11.6 Å². The van der Waals surface area contributed by atoms with E-state index < -0.39 is 0 Å². The summed E-state index contributed by atoms with van der Waals surface area (Å²) in [5.74, 6) is 0. The molecule has 0 spiro atoms. The standard InChI is InChI=1S/C20H27ClN2O2/c1-12(2)23-18-8-16(21)6-7-17(18)20(24)15(5)19(23)9-22-13(3)10-25-11-14(22)4/h6-8,12-14H,9-11H2,1-5H3/t13-,14-/m0/s1. The van der Waals surface area contributed by atoms with Crippen molar-refractivity contribution in [3.8, 4) is 0 Å². The molecule has 0 radical (unpaired) electrons. The van der Waals surface area contributed by atoms with Gasteiger partial charge in [0.25, 0.3) is 0 Å². The van der Waals surface area contributed by atoms with Crippen molar-refractivity contribution in [2.75, 3.05) is 13.2 Å². The quantitative estimate of drug-likeness (QED) is 0.822. The minimum atomic E-state index is 0.104. The molecule has 0 unspecified atom stereocenters. The number of rotatable bonds is 3. The number of hydrogen-bond donors (Lipinski definition) is 0. The van der Waals surface area contributed by atoms with Crippen molar-refractivity contribution in [1.82, 2.24) is 9.47 Å². The van der Waals surface area contributed by atoms with Crippen LogP contribution in [0.25, 0.3) is 10.9 Å². The Morgan fingerprint density at radius 2 is 1.88 bits per heavy atom. The van der Waals surface area contributed by atoms with E-state index in [2.05, 4.69) is 37.2 Å². The third-order valence-corrected chi connectivity index (χ3v) is 5.46. The predicted octanol–water partition coefficient (Wildman–Crippen LogP) is 4.15. The van der Waals surface area contributed by atoms with E-state index in [0.717, 1.165) is 41.9 Å². The Balaban J connectivity index is 2.21. The summed E-state index contributed by atoms with van der Waals surface area (Å²) in [5.41, 5.74) is 2.93. The Morgan fingerprint density at radius 1 is 1.24 bits per heavy atom. The third kappa shape index (κ3) is 3.35. The van der Waals surface area contributed by atoms with Crippen LogP contribution in [-0.2, 0) is 11.3 Å². The molecule has 4 nitrogen and oxygen atoms in total. The van der Waals surface area contributed by atoms with Crippen LogP contribution in [0.2, 0.25) is 5.02 Å². The summed E-state index contributed by atoms with van der Waals surface area (Å²) < 4.78 is 7.92. The summed E-state index contributed by atoms with van der Waals surface area (Å²) in [5, 5.41) is 1.40. The van der Waals surface area contributed by atoms with Crippen LogP contribution in [0.3, 0.4) is 0 Å². The van der Waals surface area contributed by atoms with E-state index in [1.54, 1.807) is 6.07 Å². The Kier molecular flexibility index (Phi) is 5.24. The average molecular weight is 363 g/mol. The maximum atomic E-state index is 12.9. The van der Waals surface area contributed by atoms with Gasteiger partial charge in [0, 0.05) is 46.3 Å². The predicted molar refractivity (Wildman–Crippen MR) is 104 cm³/mol. The smallest absolute Gasteiger partial charge is 0.192 e. The molecule has 2 heterocycles. The van der Waals surface area contributed by atoms with Crippen molar-refractivity contribution < 1.29 is 4.74 Å². The van der Waals surface area contributed by atoms with Crippen molar-refractivity contribution in [3.63, 3.8) is 0 Å². The van der Waals surface area contributed by atoms with Gasteiger partial charge < -0.3 is 9.30 Å². The number of halogens is 1. The molecule has 0 bridgehead atoms. The molecule has 2 atom stereocenters. The Labute approximate surface area is 154 Å². The fraction of sp³-hybridized carbons (Fsp3) is 0.550. The van der Waals surface area contributed by atoms with Gasteiger partial charge >= 0.3 is 0 Å². The molecular formula is C20H27ClN2O2. The molecule has 25 heavy (non-hydrogen) atoms. The Bertz CT molecular complexity index is 834. The number of fused-ring (bicyclic) bond motifs is 1. The molecule has 1 fully saturated rings. The van der Waals surface area contributed by atoms with Crippen LogP contribution in [0, 0.1) is 6.92 Å². The number of ether oxygens (including phenoxy) is 1. The van der Waals surface area contributed by atoms with E-state index in [1.807, 2.05) is 19.1 Å². The molecule has 136 valence electrons. The second-order valence-corrected chi connectivity index (χ2v) is 7.87. The van der Waals surface area contributed by atoms with Crippen LogP contribution < -0.4 is 5.43 Å². The van der Waals surface area contributed by atoms with Gasteiger partial charge in [-0.25, -0.2) is 0 Å². The molecule has 1 aliphatic rings. The zero-order valence-corrected chi connectivity index (χ0v) is 16.4. The maximum absolute atomic E-state index is 12.9. The topological polar surface area (TPSA) is 34.5 Å². The molecule has 3 rings (SSSR count). The van der Waals surface area contributed by atoms with Crippen LogP contribution in [0.4, 0.5) is 0 Å². The highest BCUT2D eigenvalue weighted by molar-refractivity contribution is 6.31. The van der Waals surface area contributed by atoms with Crippen LogP contribution >= 0.6 is 11.6 Å². The van der Waals surface area contributed by atoms with Gasteiger partial charge in [0.05, 0.1) is 18.7 Å². The van der Waals surface area contributed by atoms with Gasteiger partial charge in [-0.05, 0) is 52.8 Å². The fourth-order valence-electron chi connectivity index (χ4n) is 3.86. The normalized spacial score (nSPS) is 22.0. The molecule has 0 aliphatic carbocycles. The molecule has 1 aliphatic heterocycles. The number of hydrogen-bond acceptors (Lipinski definition) is 3.